The van der Waals surface area contributed by atoms with Gasteiger partial charge in [-0.15, -0.1) is 0 Å². The van der Waals surface area contributed by atoms with E-state index in [0.717, 1.165) is 23.5 Å². The van der Waals surface area contributed by atoms with E-state index in [4.69, 9.17) is 0 Å². The molecule has 0 saturated carbocycles. The summed E-state index contributed by atoms with van der Waals surface area (Å²) in [6.07, 6.45) is 1.86. The van der Waals surface area contributed by atoms with Crippen LogP contribution in [0.5, 0.6) is 0 Å². The average molecular weight is 350 g/mol. The van der Waals surface area contributed by atoms with Gasteiger partial charge in [-0.1, -0.05) is 85.5 Å². The summed E-state index contributed by atoms with van der Waals surface area (Å²) in [7, 11) is 0. The van der Waals surface area contributed by atoms with Gasteiger partial charge in [-0.25, -0.2) is 5.43 Å². The largest absolute Gasteiger partial charge is 0.277 e. The fourth-order valence-corrected chi connectivity index (χ4v) is 3.17. The van der Waals surface area contributed by atoms with Crippen molar-refractivity contribution < 1.29 is 0 Å². The van der Waals surface area contributed by atoms with Crippen LogP contribution in [0.1, 0.15) is 11.1 Å². The number of fused-ring (bicyclic) bond motifs is 1. The highest BCUT2D eigenvalue weighted by Crippen LogP contribution is 2.27. The summed E-state index contributed by atoms with van der Waals surface area (Å²) in [5.74, 6) is 0. The Balaban J connectivity index is 1.64. The Morgan fingerprint density at radius 2 is 1.41 bits per heavy atom. The van der Waals surface area contributed by atoms with Gasteiger partial charge in [0.1, 0.15) is 0 Å². The van der Waals surface area contributed by atoms with E-state index in [0.29, 0.717) is 0 Å². The lowest BCUT2D eigenvalue weighted by Gasteiger charge is -2.26. The van der Waals surface area contributed by atoms with Gasteiger partial charge in [-0.3, -0.25) is 5.01 Å². The molecule has 2 heteroatoms. The molecule has 0 aliphatic carbocycles. The predicted molar refractivity (Wildman–Crippen MR) is 116 cm³/mol. The van der Waals surface area contributed by atoms with Crippen molar-refractivity contribution in [1.29, 1.82) is 0 Å². The summed E-state index contributed by atoms with van der Waals surface area (Å²) >= 11 is 0. The van der Waals surface area contributed by atoms with Crippen molar-refractivity contribution >= 4 is 28.2 Å². The second-order valence-corrected chi connectivity index (χ2v) is 6.48. The van der Waals surface area contributed by atoms with Gasteiger partial charge < -0.3 is 0 Å². The maximum Gasteiger partial charge on any atom is 0.0584 e. The van der Waals surface area contributed by atoms with Gasteiger partial charge in [0.05, 0.1) is 11.4 Å². The standard InChI is InChI=1S/C25H22N2/c1-2-20-12-14-21(15-13-20)19-26-27(24-10-4-3-5-11-24)25-17-16-22-8-6-7-9-23(22)18-25/h2-18,26H,1,19H2. The van der Waals surface area contributed by atoms with Crippen LogP contribution in [0.15, 0.2) is 104 Å². The third kappa shape index (κ3) is 3.91. The Morgan fingerprint density at radius 3 is 2.15 bits per heavy atom. The van der Waals surface area contributed by atoms with Crippen molar-refractivity contribution in [2.75, 3.05) is 5.01 Å². The molecule has 0 unspecified atom stereocenters. The first-order valence-electron chi connectivity index (χ1n) is 9.12. The number of hydrazine groups is 1. The maximum absolute atomic E-state index is 3.82. The zero-order valence-corrected chi connectivity index (χ0v) is 15.2. The number of para-hydroxylation sites is 1. The van der Waals surface area contributed by atoms with Gasteiger partial charge in [-0.2, -0.15) is 0 Å². The summed E-state index contributed by atoms with van der Waals surface area (Å²) in [6.45, 7) is 4.55. The highest BCUT2D eigenvalue weighted by molar-refractivity contribution is 5.86. The molecule has 4 rings (SSSR count). The molecule has 0 bridgehead atoms. The van der Waals surface area contributed by atoms with Crippen molar-refractivity contribution in [3.8, 4) is 0 Å². The molecule has 4 aromatic rings. The lowest BCUT2D eigenvalue weighted by Crippen LogP contribution is -2.33. The minimum atomic E-state index is 0.735. The molecule has 1 N–H and O–H groups in total. The highest BCUT2D eigenvalue weighted by atomic mass is 15.5. The number of hydrogen-bond donors (Lipinski definition) is 1. The normalized spacial score (nSPS) is 10.7. The molecular weight excluding hydrogens is 328 g/mol. The summed E-state index contributed by atoms with van der Waals surface area (Å²) < 4.78 is 0. The molecule has 132 valence electrons. The quantitative estimate of drug-likeness (QED) is 0.409. The van der Waals surface area contributed by atoms with E-state index in [-0.39, 0.29) is 0 Å². The summed E-state index contributed by atoms with van der Waals surface area (Å²) in [5, 5.41) is 4.62. The summed E-state index contributed by atoms with van der Waals surface area (Å²) in [5.41, 5.74) is 8.16. The van der Waals surface area contributed by atoms with Crippen molar-refractivity contribution in [2.24, 2.45) is 0 Å². The molecule has 0 amide bonds. The van der Waals surface area contributed by atoms with Gasteiger partial charge in [-0.05, 0) is 46.2 Å². The number of nitrogens with zero attached hydrogens (tertiary/aromatic N) is 1. The molecule has 27 heavy (non-hydrogen) atoms. The van der Waals surface area contributed by atoms with Crippen LogP contribution in [0, 0.1) is 0 Å². The van der Waals surface area contributed by atoms with Crippen molar-refractivity contribution in [2.45, 2.75) is 6.54 Å². The molecule has 0 fully saturated rings. The first-order valence-corrected chi connectivity index (χ1v) is 9.12. The van der Waals surface area contributed by atoms with E-state index < -0.39 is 0 Å². The number of anilines is 2. The van der Waals surface area contributed by atoms with Crippen molar-refractivity contribution in [3.05, 3.63) is 115 Å². The molecule has 0 radical (unpaired) electrons. The summed E-state index contributed by atoms with van der Waals surface area (Å²) in [4.78, 5) is 0. The van der Waals surface area contributed by atoms with Crippen LogP contribution in [-0.4, -0.2) is 0 Å². The Morgan fingerprint density at radius 1 is 0.704 bits per heavy atom. The topological polar surface area (TPSA) is 15.3 Å². The third-order valence-electron chi connectivity index (χ3n) is 4.66. The molecule has 0 aliphatic heterocycles. The molecule has 2 nitrogen and oxygen atoms in total. The smallest absolute Gasteiger partial charge is 0.0584 e. The predicted octanol–water partition coefficient (Wildman–Crippen LogP) is 6.33. The number of benzene rings is 4. The Labute approximate surface area is 160 Å². The van der Waals surface area contributed by atoms with Crippen LogP contribution in [0.3, 0.4) is 0 Å². The second kappa shape index (κ2) is 7.90. The minimum Gasteiger partial charge on any atom is -0.277 e. The van der Waals surface area contributed by atoms with Gasteiger partial charge >= 0.3 is 0 Å². The highest BCUT2D eigenvalue weighted by Gasteiger charge is 2.09. The van der Waals surface area contributed by atoms with Gasteiger partial charge in [0.25, 0.3) is 0 Å². The lowest BCUT2D eigenvalue weighted by atomic mass is 10.1. The Kier molecular flexibility index (Phi) is 4.99. The van der Waals surface area contributed by atoms with Gasteiger partial charge in [0.2, 0.25) is 0 Å². The maximum atomic E-state index is 3.82. The fraction of sp³-hybridized carbons (Fsp3) is 0.0400. The van der Waals surface area contributed by atoms with Crippen LogP contribution in [0.4, 0.5) is 11.4 Å². The van der Waals surface area contributed by atoms with Crippen molar-refractivity contribution in [3.63, 3.8) is 0 Å². The molecule has 0 heterocycles. The third-order valence-corrected chi connectivity index (χ3v) is 4.66. The van der Waals surface area contributed by atoms with E-state index in [2.05, 4.69) is 108 Å². The van der Waals surface area contributed by atoms with E-state index in [1.807, 2.05) is 12.1 Å². The van der Waals surface area contributed by atoms with Crippen LogP contribution < -0.4 is 10.4 Å². The molecule has 0 aromatic heterocycles. The van der Waals surface area contributed by atoms with E-state index in [1.54, 1.807) is 0 Å². The first-order chi connectivity index (χ1) is 13.3. The molecule has 4 aromatic carbocycles. The zero-order chi connectivity index (χ0) is 18.5. The monoisotopic (exact) mass is 350 g/mol. The summed E-state index contributed by atoms with van der Waals surface area (Å²) in [6, 6.07) is 33.8. The molecule has 0 saturated heterocycles. The molecule has 0 atom stereocenters. The van der Waals surface area contributed by atoms with Crippen molar-refractivity contribution in [1.82, 2.24) is 5.43 Å². The van der Waals surface area contributed by atoms with E-state index in [9.17, 15) is 0 Å². The number of rotatable bonds is 6. The first kappa shape index (κ1) is 17.1. The molecule has 0 aliphatic rings. The minimum absolute atomic E-state index is 0.735. The number of hydrogen-bond acceptors (Lipinski definition) is 2. The van der Waals surface area contributed by atoms with Gasteiger partial charge in [0.15, 0.2) is 0 Å². The Bertz CT molecular complexity index is 1040. The SMILES string of the molecule is C=Cc1ccc(CNN(c2ccccc2)c2ccc3ccccc3c2)cc1. The van der Waals surface area contributed by atoms with Crippen LogP contribution in [0.25, 0.3) is 16.8 Å². The number of nitrogens with one attached hydrogen (secondary N) is 1. The second-order valence-electron chi connectivity index (χ2n) is 6.48. The van der Waals surface area contributed by atoms with Crippen LogP contribution >= 0.6 is 0 Å². The zero-order valence-electron chi connectivity index (χ0n) is 15.2. The fourth-order valence-electron chi connectivity index (χ4n) is 3.17. The average Bonchev–Trinajstić information content (AvgIpc) is 2.75. The van der Waals surface area contributed by atoms with E-state index >= 15 is 0 Å². The van der Waals surface area contributed by atoms with Gasteiger partial charge in [0, 0.05) is 6.54 Å². The van der Waals surface area contributed by atoms with E-state index in [1.165, 1.54) is 16.3 Å². The van der Waals surface area contributed by atoms with Crippen LogP contribution in [-0.2, 0) is 6.54 Å². The molecular formula is C25H22N2. The van der Waals surface area contributed by atoms with Crippen LogP contribution in [0.2, 0.25) is 0 Å². The lowest BCUT2D eigenvalue weighted by molar-refractivity contribution is 0.708. The molecule has 0 spiro atoms. The Hall–Kier alpha value is -3.36.